The van der Waals surface area contributed by atoms with Gasteiger partial charge in [-0.1, -0.05) is 30.3 Å². The van der Waals surface area contributed by atoms with Crippen molar-refractivity contribution < 1.29 is 27.1 Å². The van der Waals surface area contributed by atoms with Crippen LogP contribution >= 0.6 is 0 Å². The highest BCUT2D eigenvalue weighted by Gasteiger charge is 2.41. The topological polar surface area (TPSA) is 93.1 Å². The van der Waals surface area contributed by atoms with Crippen molar-refractivity contribution in [1.82, 2.24) is 20.1 Å². The van der Waals surface area contributed by atoms with Crippen molar-refractivity contribution in [3.63, 3.8) is 0 Å². The van der Waals surface area contributed by atoms with E-state index >= 15 is 0 Å². The number of nitrogens with one attached hydrogen (secondary N) is 3. The lowest BCUT2D eigenvalue weighted by atomic mass is 9.99. The van der Waals surface area contributed by atoms with Gasteiger partial charge in [0.25, 0.3) is 0 Å². The normalized spacial score (nSPS) is 11.2. The molecule has 0 unspecified atom stereocenters. The molecule has 2 heterocycles. The number of alkyl halides is 3. The molecule has 0 radical (unpaired) electrons. The molecule has 44 heavy (non-hydrogen) atoms. The summed E-state index contributed by atoms with van der Waals surface area (Å²) in [5.41, 5.74) is 0.550. The zero-order valence-electron chi connectivity index (χ0n) is 23.5. The number of aromatic nitrogens is 3. The predicted octanol–water partition coefficient (Wildman–Crippen LogP) is 7.39. The Labute approximate surface area is 250 Å². The maximum Gasteiger partial charge on any atom is 0.434 e. The smallest absolute Gasteiger partial charge is 0.434 e. The van der Waals surface area contributed by atoms with E-state index in [1.165, 1.54) is 43.6 Å². The summed E-state index contributed by atoms with van der Waals surface area (Å²) in [6.07, 6.45) is -2.81. The lowest BCUT2D eigenvalue weighted by Crippen LogP contribution is -2.30. The first kappa shape index (κ1) is 30.1. The van der Waals surface area contributed by atoms with Crippen LogP contribution in [-0.4, -0.2) is 41.0 Å². The Morgan fingerprint density at radius 3 is 2.41 bits per heavy atom. The van der Waals surface area contributed by atoms with Gasteiger partial charge in [0.2, 0.25) is 0 Å². The minimum Gasteiger partial charge on any atom is -0.497 e. The van der Waals surface area contributed by atoms with Crippen LogP contribution in [0.5, 0.6) is 5.75 Å². The van der Waals surface area contributed by atoms with Crippen LogP contribution < -0.4 is 20.7 Å². The van der Waals surface area contributed by atoms with Crippen LogP contribution in [0.3, 0.4) is 0 Å². The number of para-hydroxylation sites is 1. The molecule has 12 heteroatoms. The number of urea groups is 1. The summed E-state index contributed by atoms with van der Waals surface area (Å²) < 4.78 is 63.7. The summed E-state index contributed by atoms with van der Waals surface area (Å²) in [4.78, 5) is 16.4. The highest BCUT2D eigenvalue weighted by molar-refractivity contribution is 5.89. The van der Waals surface area contributed by atoms with Gasteiger partial charge >= 0.3 is 12.2 Å². The van der Waals surface area contributed by atoms with Crippen molar-refractivity contribution in [2.75, 3.05) is 30.8 Å². The third-order valence-electron chi connectivity index (χ3n) is 6.59. The molecular formula is C32H28F4N6O2. The summed E-state index contributed by atoms with van der Waals surface area (Å²) >= 11 is 0. The third kappa shape index (κ3) is 7.14. The molecule has 0 aliphatic rings. The van der Waals surface area contributed by atoms with Crippen molar-refractivity contribution in [2.24, 2.45) is 0 Å². The first-order valence-electron chi connectivity index (χ1n) is 13.6. The fourth-order valence-electron chi connectivity index (χ4n) is 4.58. The fourth-order valence-corrected chi connectivity index (χ4v) is 4.58. The number of carbonyl (C=O) groups excluding carboxylic acids is 1. The van der Waals surface area contributed by atoms with Crippen molar-refractivity contribution in [2.45, 2.75) is 12.6 Å². The monoisotopic (exact) mass is 604 g/mol. The van der Waals surface area contributed by atoms with Crippen LogP contribution in [0, 0.1) is 5.82 Å². The van der Waals surface area contributed by atoms with Gasteiger partial charge in [-0.3, -0.25) is 0 Å². The average Bonchev–Trinajstić information content (AvgIpc) is 3.45. The van der Waals surface area contributed by atoms with E-state index in [2.05, 4.69) is 26.0 Å². The lowest BCUT2D eigenvalue weighted by molar-refractivity contribution is -0.142. The Hall–Kier alpha value is -5.39. The Morgan fingerprint density at radius 2 is 1.68 bits per heavy atom. The molecule has 2 aromatic heterocycles. The van der Waals surface area contributed by atoms with Gasteiger partial charge in [-0.15, -0.1) is 0 Å². The Balaban J connectivity index is 1.38. The number of ether oxygens (including phenoxy) is 1. The molecule has 0 saturated heterocycles. The summed E-state index contributed by atoms with van der Waals surface area (Å²) in [6.45, 7) is 0.688. The second-order valence-electron chi connectivity index (χ2n) is 9.65. The molecular weight excluding hydrogens is 576 g/mol. The molecule has 8 nitrogen and oxygen atoms in total. The van der Waals surface area contributed by atoms with E-state index < -0.39 is 23.7 Å². The minimum absolute atomic E-state index is 0.0980. The molecule has 5 aromatic rings. The van der Waals surface area contributed by atoms with Gasteiger partial charge in [0.1, 0.15) is 23.1 Å². The molecule has 0 saturated carbocycles. The largest absolute Gasteiger partial charge is 0.497 e. The first-order valence-corrected chi connectivity index (χ1v) is 13.6. The molecule has 5 rings (SSSR count). The summed E-state index contributed by atoms with van der Waals surface area (Å²) in [6, 6.07) is 22.9. The van der Waals surface area contributed by atoms with Crippen molar-refractivity contribution in [3.8, 4) is 33.8 Å². The molecule has 0 aliphatic heterocycles. The van der Waals surface area contributed by atoms with Gasteiger partial charge in [-0.25, -0.2) is 18.9 Å². The quantitative estimate of drug-likeness (QED) is 0.114. The minimum atomic E-state index is -4.74. The summed E-state index contributed by atoms with van der Waals surface area (Å²) in [5.74, 6) is 0.430. The molecule has 226 valence electrons. The van der Waals surface area contributed by atoms with Crippen LogP contribution in [0.4, 0.5) is 33.9 Å². The van der Waals surface area contributed by atoms with Crippen molar-refractivity contribution in [3.05, 3.63) is 109 Å². The number of benzene rings is 3. The second-order valence-corrected chi connectivity index (χ2v) is 9.65. The third-order valence-corrected chi connectivity index (χ3v) is 6.59. The Morgan fingerprint density at radius 1 is 0.909 bits per heavy atom. The number of hydrogen-bond acceptors (Lipinski definition) is 5. The van der Waals surface area contributed by atoms with Gasteiger partial charge in [0.15, 0.2) is 5.69 Å². The standard InChI is InChI=1S/C32H28F4N6O2/c1-44-26-10-5-7-22(19-26)29-28(30(32(34,35)36)42(41-29)25-8-3-2-4-9-25)21-15-18-38-27(20-21)37-16-6-17-39-31(43)40-24-13-11-23(33)12-14-24/h2-5,7-15,18-20H,6,16-17H2,1H3,(H,37,38)(H2,39,40,43). The van der Waals surface area contributed by atoms with E-state index in [1.807, 2.05) is 0 Å². The molecule has 2 amide bonds. The summed E-state index contributed by atoms with van der Waals surface area (Å²) in [5, 5.41) is 12.9. The van der Waals surface area contributed by atoms with Crippen LogP contribution in [-0.2, 0) is 6.18 Å². The van der Waals surface area contributed by atoms with Gasteiger partial charge in [0.05, 0.1) is 12.8 Å². The predicted molar refractivity (Wildman–Crippen MR) is 160 cm³/mol. The molecule has 3 aromatic carbocycles. The number of methoxy groups -OCH3 is 1. The van der Waals surface area contributed by atoms with E-state index in [-0.39, 0.29) is 22.5 Å². The van der Waals surface area contributed by atoms with Crippen LogP contribution in [0.2, 0.25) is 0 Å². The second kappa shape index (κ2) is 13.3. The van der Waals surface area contributed by atoms with Crippen molar-refractivity contribution >= 4 is 17.5 Å². The SMILES string of the molecule is COc1cccc(-c2nn(-c3ccccc3)c(C(F)(F)F)c2-c2ccnc(NCCCNC(=O)Nc3ccc(F)cc3)c2)c1. The number of rotatable bonds is 10. The van der Waals surface area contributed by atoms with Gasteiger partial charge in [-0.05, 0) is 72.6 Å². The number of anilines is 2. The number of nitrogens with zero attached hydrogens (tertiary/aromatic N) is 3. The van der Waals surface area contributed by atoms with E-state index in [9.17, 15) is 22.4 Å². The molecule has 3 N–H and O–H groups in total. The maximum absolute atomic E-state index is 14.8. The average molecular weight is 605 g/mol. The van der Waals surface area contributed by atoms with Gasteiger partial charge in [0, 0.05) is 36.1 Å². The van der Waals surface area contributed by atoms with Gasteiger partial charge in [-0.2, -0.15) is 18.3 Å². The first-order chi connectivity index (χ1) is 21.2. The van der Waals surface area contributed by atoms with Gasteiger partial charge < -0.3 is 20.7 Å². The van der Waals surface area contributed by atoms with Crippen molar-refractivity contribution in [1.29, 1.82) is 0 Å². The lowest BCUT2D eigenvalue weighted by Gasteiger charge is -2.14. The molecule has 0 spiro atoms. The number of hydrogen-bond donors (Lipinski definition) is 3. The zero-order valence-corrected chi connectivity index (χ0v) is 23.5. The molecule has 0 fully saturated rings. The molecule has 0 aliphatic carbocycles. The summed E-state index contributed by atoms with van der Waals surface area (Å²) in [7, 11) is 1.48. The zero-order chi connectivity index (χ0) is 31.1. The number of halogens is 4. The van der Waals surface area contributed by atoms with Crippen LogP contribution in [0.15, 0.2) is 97.2 Å². The molecule has 0 bridgehead atoms. The number of pyridine rings is 1. The molecule has 0 atom stereocenters. The van der Waals surface area contributed by atoms with E-state index in [1.54, 1.807) is 60.7 Å². The number of amides is 2. The number of carbonyl (C=O) groups is 1. The van der Waals surface area contributed by atoms with Crippen LogP contribution in [0.25, 0.3) is 28.1 Å². The highest BCUT2D eigenvalue weighted by Crippen LogP contribution is 2.44. The van der Waals surface area contributed by atoms with E-state index in [0.29, 0.717) is 42.3 Å². The fraction of sp³-hybridized carbons (Fsp3) is 0.156. The maximum atomic E-state index is 14.8. The van der Waals surface area contributed by atoms with E-state index in [0.717, 1.165) is 4.68 Å². The van der Waals surface area contributed by atoms with Crippen LogP contribution in [0.1, 0.15) is 12.1 Å². The highest BCUT2D eigenvalue weighted by atomic mass is 19.4. The Kier molecular flexibility index (Phi) is 9.08. The Bertz CT molecular complexity index is 1720. The van der Waals surface area contributed by atoms with E-state index in [4.69, 9.17) is 4.74 Å².